The van der Waals surface area contributed by atoms with Crippen LogP contribution in [0.15, 0.2) is 36.5 Å². The SMILES string of the molecule is CC(=O)c1ccc(C(=O)NCCNc2cc(N3CCCC3)cnn2)cc1. The normalized spacial score (nSPS) is 13.5. The van der Waals surface area contributed by atoms with Gasteiger partial charge < -0.3 is 15.5 Å². The fourth-order valence-electron chi connectivity index (χ4n) is 2.92. The number of ketones is 1. The maximum Gasteiger partial charge on any atom is 0.251 e. The van der Waals surface area contributed by atoms with Crippen molar-refractivity contribution in [1.82, 2.24) is 15.5 Å². The standard InChI is InChI=1S/C19H23N5O2/c1-14(25)15-4-6-16(7-5-15)19(26)21-9-8-20-18-12-17(13-22-23-18)24-10-2-3-11-24/h4-7,12-13H,2-3,8-11H2,1H3,(H,20,23)(H,21,26). The minimum atomic E-state index is -0.168. The van der Waals surface area contributed by atoms with E-state index in [1.807, 2.05) is 6.07 Å². The number of Topliss-reactive ketones (excluding diaryl/α,β-unsaturated/α-hetero) is 1. The Morgan fingerprint density at radius 2 is 1.77 bits per heavy atom. The van der Waals surface area contributed by atoms with Crippen molar-refractivity contribution in [3.63, 3.8) is 0 Å². The molecule has 1 aromatic heterocycles. The van der Waals surface area contributed by atoms with Gasteiger partial charge in [0.15, 0.2) is 11.6 Å². The molecule has 0 radical (unpaired) electrons. The molecular formula is C19H23N5O2. The molecule has 1 saturated heterocycles. The molecule has 7 nitrogen and oxygen atoms in total. The summed E-state index contributed by atoms with van der Waals surface area (Å²) in [5.74, 6) is 0.520. The molecule has 2 aromatic rings. The molecule has 3 rings (SSSR count). The Kier molecular flexibility index (Phi) is 5.78. The predicted octanol–water partition coefficient (Wildman–Crippen LogP) is 2.12. The van der Waals surface area contributed by atoms with E-state index in [0.29, 0.717) is 30.0 Å². The number of hydrogen-bond acceptors (Lipinski definition) is 6. The van der Waals surface area contributed by atoms with Crippen LogP contribution in [0.25, 0.3) is 0 Å². The molecule has 0 aliphatic carbocycles. The number of carbonyl (C=O) groups is 2. The minimum absolute atomic E-state index is 0.0153. The summed E-state index contributed by atoms with van der Waals surface area (Å²) in [7, 11) is 0. The molecule has 1 fully saturated rings. The molecule has 2 heterocycles. The zero-order valence-corrected chi connectivity index (χ0v) is 14.9. The Morgan fingerprint density at radius 1 is 1.08 bits per heavy atom. The number of hydrogen-bond donors (Lipinski definition) is 2. The summed E-state index contributed by atoms with van der Waals surface area (Å²) >= 11 is 0. The summed E-state index contributed by atoms with van der Waals surface area (Å²) in [6.07, 6.45) is 4.21. The van der Waals surface area contributed by atoms with Gasteiger partial charge in [0, 0.05) is 43.4 Å². The van der Waals surface area contributed by atoms with Gasteiger partial charge in [-0.25, -0.2) is 0 Å². The van der Waals surface area contributed by atoms with Gasteiger partial charge in [-0.15, -0.1) is 5.10 Å². The van der Waals surface area contributed by atoms with E-state index in [2.05, 4.69) is 25.7 Å². The van der Waals surface area contributed by atoms with Crippen LogP contribution in [0.3, 0.4) is 0 Å². The van der Waals surface area contributed by atoms with E-state index in [-0.39, 0.29) is 11.7 Å². The van der Waals surface area contributed by atoms with Gasteiger partial charge in [0.1, 0.15) is 0 Å². The van der Waals surface area contributed by atoms with Crippen molar-refractivity contribution in [3.05, 3.63) is 47.7 Å². The monoisotopic (exact) mass is 353 g/mol. The average Bonchev–Trinajstić information content (AvgIpc) is 3.20. The fourth-order valence-corrected chi connectivity index (χ4v) is 2.92. The Labute approximate surface area is 152 Å². The van der Waals surface area contributed by atoms with Crippen LogP contribution >= 0.6 is 0 Å². The summed E-state index contributed by atoms with van der Waals surface area (Å²) in [6, 6.07) is 8.62. The number of aromatic nitrogens is 2. The topological polar surface area (TPSA) is 87.2 Å². The number of benzene rings is 1. The van der Waals surface area contributed by atoms with Crippen molar-refractivity contribution in [1.29, 1.82) is 0 Å². The van der Waals surface area contributed by atoms with Crippen LogP contribution in [0, 0.1) is 0 Å². The van der Waals surface area contributed by atoms with E-state index in [0.717, 1.165) is 18.8 Å². The number of carbonyl (C=O) groups excluding carboxylic acids is 2. The summed E-state index contributed by atoms with van der Waals surface area (Å²) in [5.41, 5.74) is 2.21. The summed E-state index contributed by atoms with van der Waals surface area (Å²) in [6.45, 7) is 4.63. The van der Waals surface area contributed by atoms with Gasteiger partial charge >= 0.3 is 0 Å². The summed E-state index contributed by atoms with van der Waals surface area (Å²) in [4.78, 5) is 25.7. The number of nitrogens with zero attached hydrogens (tertiary/aromatic N) is 3. The highest BCUT2D eigenvalue weighted by molar-refractivity contribution is 5.97. The van der Waals surface area contributed by atoms with Gasteiger partial charge in [0.05, 0.1) is 11.9 Å². The number of anilines is 2. The number of amides is 1. The predicted molar refractivity (Wildman–Crippen MR) is 101 cm³/mol. The molecule has 2 N–H and O–H groups in total. The van der Waals surface area contributed by atoms with Gasteiger partial charge in [0.25, 0.3) is 5.91 Å². The van der Waals surface area contributed by atoms with Crippen molar-refractivity contribution >= 4 is 23.2 Å². The minimum Gasteiger partial charge on any atom is -0.370 e. The van der Waals surface area contributed by atoms with Crippen LogP contribution in [0.4, 0.5) is 11.5 Å². The van der Waals surface area contributed by atoms with Crippen LogP contribution in [0.5, 0.6) is 0 Å². The van der Waals surface area contributed by atoms with Crippen LogP contribution in [-0.2, 0) is 0 Å². The van der Waals surface area contributed by atoms with Crippen LogP contribution in [0.2, 0.25) is 0 Å². The molecule has 26 heavy (non-hydrogen) atoms. The van der Waals surface area contributed by atoms with E-state index in [9.17, 15) is 9.59 Å². The van der Waals surface area contributed by atoms with Gasteiger partial charge in [-0.05, 0) is 31.9 Å². The lowest BCUT2D eigenvalue weighted by Crippen LogP contribution is -2.29. The number of nitrogens with one attached hydrogen (secondary N) is 2. The van der Waals surface area contributed by atoms with E-state index in [1.165, 1.54) is 19.8 Å². The highest BCUT2D eigenvalue weighted by atomic mass is 16.1. The van der Waals surface area contributed by atoms with Crippen LogP contribution < -0.4 is 15.5 Å². The largest absolute Gasteiger partial charge is 0.370 e. The molecule has 136 valence electrons. The molecule has 0 atom stereocenters. The van der Waals surface area contributed by atoms with Gasteiger partial charge in [0.2, 0.25) is 0 Å². The molecule has 7 heteroatoms. The third kappa shape index (κ3) is 4.56. The first kappa shape index (κ1) is 17.8. The van der Waals surface area contributed by atoms with E-state index in [1.54, 1.807) is 30.5 Å². The Hall–Kier alpha value is -2.96. The highest BCUT2D eigenvalue weighted by Gasteiger charge is 2.13. The molecule has 0 unspecified atom stereocenters. The third-order valence-corrected chi connectivity index (χ3v) is 4.38. The van der Waals surface area contributed by atoms with E-state index >= 15 is 0 Å². The molecule has 1 aliphatic heterocycles. The van der Waals surface area contributed by atoms with Gasteiger partial charge in [-0.3, -0.25) is 9.59 Å². The van der Waals surface area contributed by atoms with Crippen LogP contribution in [-0.4, -0.2) is 48.1 Å². The van der Waals surface area contributed by atoms with Gasteiger partial charge in [-0.1, -0.05) is 12.1 Å². The lowest BCUT2D eigenvalue weighted by Gasteiger charge is -2.17. The van der Waals surface area contributed by atoms with Crippen molar-refractivity contribution in [2.45, 2.75) is 19.8 Å². The quantitative estimate of drug-likeness (QED) is 0.586. The Bertz CT molecular complexity index is 770. The lowest BCUT2D eigenvalue weighted by atomic mass is 10.1. The second kappa shape index (κ2) is 8.42. The zero-order chi connectivity index (χ0) is 18.4. The maximum absolute atomic E-state index is 12.1. The van der Waals surface area contributed by atoms with Crippen molar-refractivity contribution in [3.8, 4) is 0 Å². The molecule has 1 amide bonds. The Morgan fingerprint density at radius 3 is 2.46 bits per heavy atom. The van der Waals surface area contributed by atoms with Crippen molar-refractivity contribution in [2.24, 2.45) is 0 Å². The molecular weight excluding hydrogens is 330 g/mol. The second-order valence-electron chi connectivity index (χ2n) is 6.31. The summed E-state index contributed by atoms with van der Waals surface area (Å²) < 4.78 is 0. The zero-order valence-electron chi connectivity index (χ0n) is 14.9. The first-order chi connectivity index (χ1) is 12.6. The maximum atomic E-state index is 12.1. The second-order valence-corrected chi connectivity index (χ2v) is 6.31. The Balaban J connectivity index is 1.45. The highest BCUT2D eigenvalue weighted by Crippen LogP contribution is 2.20. The van der Waals surface area contributed by atoms with E-state index in [4.69, 9.17) is 0 Å². The molecule has 1 aromatic carbocycles. The molecule has 0 spiro atoms. The first-order valence-corrected chi connectivity index (χ1v) is 8.84. The number of rotatable bonds is 7. The third-order valence-electron chi connectivity index (χ3n) is 4.38. The fraction of sp³-hybridized carbons (Fsp3) is 0.368. The molecule has 0 saturated carbocycles. The van der Waals surface area contributed by atoms with Crippen LogP contribution in [0.1, 0.15) is 40.5 Å². The first-order valence-electron chi connectivity index (χ1n) is 8.84. The molecule has 1 aliphatic rings. The van der Waals surface area contributed by atoms with Crippen molar-refractivity contribution < 1.29 is 9.59 Å². The van der Waals surface area contributed by atoms with E-state index < -0.39 is 0 Å². The average molecular weight is 353 g/mol. The van der Waals surface area contributed by atoms with Gasteiger partial charge in [-0.2, -0.15) is 5.10 Å². The summed E-state index contributed by atoms with van der Waals surface area (Å²) in [5, 5.41) is 14.1. The smallest absolute Gasteiger partial charge is 0.251 e. The molecule has 0 bridgehead atoms. The van der Waals surface area contributed by atoms with Crippen molar-refractivity contribution in [2.75, 3.05) is 36.4 Å². The lowest BCUT2D eigenvalue weighted by molar-refractivity contribution is 0.0953.